The molecule has 0 heterocycles. The van der Waals surface area contributed by atoms with Crippen molar-refractivity contribution in [1.82, 2.24) is 0 Å². The van der Waals surface area contributed by atoms with Gasteiger partial charge in [-0.15, -0.1) is 0 Å². The molecule has 0 spiro atoms. The summed E-state index contributed by atoms with van der Waals surface area (Å²) >= 11 is 0. The van der Waals surface area contributed by atoms with Crippen LogP contribution in [0.15, 0.2) is 0 Å². The van der Waals surface area contributed by atoms with Crippen LogP contribution in [0, 0.1) is 6.92 Å². The minimum absolute atomic E-state index is 0. The summed E-state index contributed by atoms with van der Waals surface area (Å²) in [6, 6.07) is 0. The molecular weight excluding hydrogens is 159 g/mol. The molecule has 52 valence electrons. The largest absolute Gasteiger partial charge is 1.00 e. The van der Waals surface area contributed by atoms with E-state index < -0.39 is 10.4 Å². The predicted molar refractivity (Wildman–Crippen MR) is 26.6 cm³/mol. The quantitative estimate of drug-likeness (QED) is 0.195. The average Bonchev–Trinajstić information content (AvgIpc) is 1.27. The van der Waals surface area contributed by atoms with Gasteiger partial charge in [-0.3, -0.25) is 9.11 Å². The molecule has 0 aromatic carbocycles. The van der Waals surface area contributed by atoms with Crippen LogP contribution in [0.3, 0.4) is 0 Å². The molecule has 0 rings (SSSR count). The molecule has 0 unspecified atom stereocenters. The van der Waals surface area contributed by atoms with Gasteiger partial charge >= 0.3 is 40.0 Å². The number of hydrogen-bond acceptors (Lipinski definition) is 3. The van der Waals surface area contributed by atoms with E-state index in [1.807, 2.05) is 0 Å². The molecular formula is C2H7NaO5S. The van der Waals surface area contributed by atoms with Crippen LogP contribution >= 0.6 is 0 Å². The third-order valence-corrected chi connectivity index (χ3v) is 0. The van der Waals surface area contributed by atoms with Gasteiger partial charge in [0.15, 0.2) is 0 Å². The first-order chi connectivity index (χ1) is 3.41. The van der Waals surface area contributed by atoms with E-state index in [1.165, 1.54) is 0 Å². The van der Waals surface area contributed by atoms with Crippen molar-refractivity contribution in [1.29, 1.82) is 0 Å². The molecule has 0 aliphatic heterocycles. The second-order valence-electron chi connectivity index (χ2n) is 0.671. The van der Waals surface area contributed by atoms with E-state index in [2.05, 4.69) is 6.92 Å². The summed E-state index contributed by atoms with van der Waals surface area (Å²) in [5.41, 5.74) is 0. The molecule has 0 saturated heterocycles. The average molecular weight is 166 g/mol. The molecule has 0 atom stereocenters. The van der Waals surface area contributed by atoms with Gasteiger partial charge in [0, 0.05) is 0 Å². The summed E-state index contributed by atoms with van der Waals surface area (Å²) < 4.78 is 31.6. The van der Waals surface area contributed by atoms with Crippen molar-refractivity contribution in [3.63, 3.8) is 0 Å². The maximum atomic E-state index is 8.74. The molecule has 0 radical (unpaired) electrons. The Morgan fingerprint density at radius 3 is 1.33 bits per heavy atom. The Morgan fingerprint density at radius 2 is 1.33 bits per heavy atom. The third-order valence-electron chi connectivity index (χ3n) is 0. The van der Waals surface area contributed by atoms with Crippen LogP contribution in [0.1, 0.15) is 0 Å². The smallest absolute Gasteiger partial charge is 0.428 e. The van der Waals surface area contributed by atoms with Gasteiger partial charge in [0.2, 0.25) is 0 Å². The Balaban J connectivity index is -0.0000000800. The third kappa shape index (κ3) is 598. The zero-order valence-electron chi connectivity index (χ0n) is 4.98. The second kappa shape index (κ2) is 8.83. The molecule has 0 aliphatic carbocycles. The van der Waals surface area contributed by atoms with Crippen LogP contribution in [0.4, 0.5) is 0 Å². The fraction of sp³-hybridized carbons (Fsp3) is 0.500. The van der Waals surface area contributed by atoms with Crippen molar-refractivity contribution in [3.8, 4) is 0 Å². The van der Waals surface area contributed by atoms with Gasteiger partial charge < -0.3 is 12.0 Å². The van der Waals surface area contributed by atoms with Gasteiger partial charge in [-0.2, -0.15) is 8.42 Å². The Labute approximate surface area is 75.9 Å². The van der Waals surface area contributed by atoms with Crippen molar-refractivity contribution in [3.05, 3.63) is 6.92 Å². The van der Waals surface area contributed by atoms with Crippen molar-refractivity contribution in [2.75, 3.05) is 6.61 Å². The van der Waals surface area contributed by atoms with Crippen LogP contribution in [0.5, 0.6) is 0 Å². The number of rotatable bonds is 0. The van der Waals surface area contributed by atoms with Gasteiger partial charge in [0.1, 0.15) is 0 Å². The predicted octanol–water partition coefficient (Wildman–Crippen LogP) is -3.84. The Morgan fingerprint density at radius 1 is 1.33 bits per heavy atom. The Bertz CT molecular complexity index is 109. The van der Waals surface area contributed by atoms with Crippen molar-refractivity contribution in [2.24, 2.45) is 0 Å². The van der Waals surface area contributed by atoms with Crippen molar-refractivity contribution < 1.29 is 52.2 Å². The SMILES string of the molecule is O=S(=O)(O)O.[CH2-]CO.[Na+]. The Hall–Kier alpha value is 0.830. The minimum Gasteiger partial charge on any atom is -0.428 e. The fourth-order valence-electron chi connectivity index (χ4n) is 0. The normalized spacial score (nSPS) is 8.44. The van der Waals surface area contributed by atoms with Gasteiger partial charge in [0.05, 0.1) is 0 Å². The second-order valence-corrected chi connectivity index (χ2v) is 1.57. The first kappa shape index (κ1) is 16.4. The molecule has 3 N–H and O–H groups in total. The summed E-state index contributed by atoms with van der Waals surface area (Å²) in [6.07, 6.45) is 0. The summed E-state index contributed by atoms with van der Waals surface area (Å²) in [7, 11) is -4.67. The zero-order chi connectivity index (χ0) is 7.21. The summed E-state index contributed by atoms with van der Waals surface area (Å²) in [5, 5.41) is 7.46. The molecule has 0 fully saturated rings. The van der Waals surface area contributed by atoms with Crippen LogP contribution in [-0.4, -0.2) is 29.2 Å². The van der Waals surface area contributed by atoms with Crippen LogP contribution in [-0.2, 0) is 10.4 Å². The molecule has 0 aromatic heterocycles. The number of hydrogen-bond donors (Lipinski definition) is 3. The minimum atomic E-state index is -4.67. The molecule has 5 nitrogen and oxygen atoms in total. The molecule has 9 heavy (non-hydrogen) atoms. The van der Waals surface area contributed by atoms with Gasteiger partial charge in [-0.1, -0.05) is 6.61 Å². The van der Waals surface area contributed by atoms with Crippen molar-refractivity contribution >= 4 is 10.4 Å². The van der Waals surface area contributed by atoms with Gasteiger partial charge in [0.25, 0.3) is 0 Å². The summed E-state index contributed by atoms with van der Waals surface area (Å²) in [5.74, 6) is 0. The van der Waals surface area contributed by atoms with E-state index >= 15 is 0 Å². The topological polar surface area (TPSA) is 94.8 Å². The molecule has 7 heteroatoms. The van der Waals surface area contributed by atoms with Crippen LogP contribution in [0.2, 0.25) is 0 Å². The maximum absolute atomic E-state index is 8.74. The van der Waals surface area contributed by atoms with Crippen molar-refractivity contribution in [2.45, 2.75) is 0 Å². The van der Waals surface area contributed by atoms with Gasteiger partial charge in [-0.05, 0) is 0 Å². The molecule has 0 bridgehead atoms. The molecule has 0 aromatic rings. The van der Waals surface area contributed by atoms with E-state index in [9.17, 15) is 0 Å². The Kier molecular flexibility index (Phi) is 16.1. The fourth-order valence-corrected chi connectivity index (χ4v) is 0. The van der Waals surface area contributed by atoms with E-state index in [0.717, 1.165) is 0 Å². The monoisotopic (exact) mass is 166 g/mol. The molecule has 0 amide bonds. The first-order valence-corrected chi connectivity index (χ1v) is 2.91. The van der Waals surface area contributed by atoms with Crippen LogP contribution in [0.25, 0.3) is 0 Å². The molecule has 0 aliphatic rings. The summed E-state index contributed by atoms with van der Waals surface area (Å²) in [6.45, 7) is 3.04. The summed E-state index contributed by atoms with van der Waals surface area (Å²) in [4.78, 5) is 0. The van der Waals surface area contributed by atoms with Gasteiger partial charge in [-0.25, -0.2) is 0 Å². The van der Waals surface area contributed by atoms with E-state index in [0.29, 0.717) is 0 Å². The van der Waals surface area contributed by atoms with E-state index in [1.54, 1.807) is 0 Å². The zero-order valence-corrected chi connectivity index (χ0v) is 7.80. The first-order valence-electron chi connectivity index (χ1n) is 1.51. The number of aliphatic hydroxyl groups is 1. The number of aliphatic hydroxyl groups excluding tert-OH is 1. The standard InChI is InChI=1S/C2H5O.Na.H2O4S/c1-2-3;;1-5(2,3)4/h3H,1-2H2;;(H2,1,2,3,4)/q-1;+1;. The molecule has 0 saturated carbocycles. The van der Waals surface area contributed by atoms with Crippen LogP contribution < -0.4 is 29.6 Å². The van der Waals surface area contributed by atoms with E-state index in [-0.39, 0.29) is 36.2 Å². The maximum Gasteiger partial charge on any atom is 1.00 e. The van der Waals surface area contributed by atoms with E-state index in [4.69, 9.17) is 22.6 Å².